The molecule has 3 heteroatoms. The average Bonchev–Trinajstić information content (AvgIpc) is 2.66. The number of rotatable bonds is 1. The Morgan fingerprint density at radius 1 is 1.36 bits per heavy atom. The summed E-state index contributed by atoms with van der Waals surface area (Å²) in [5.74, 6) is 1.69. The van der Waals surface area contributed by atoms with Gasteiger partial charge in [0.15, 0.2) is 11.5 Å². The van der Waals surface area contributed by atoms with Gasteiger partial charge in [0.25, 0.3) is 0 Å². The van der Waals surface area contributed by atoms with Crippen molar-refractivity contribution >= 4 is 0 Å². The van der Waals surface area contributed by atoms with Crippen molar-refractivity contribution < 1.29 is 14.6 Å². The smallest absolute Gasteiger partial charge is 0.231 e. The molecule has 76 valence electrons. The molecule has 3 nitrogen and oxygen atoms in total. The van der Waals surface area contributed by atoms with Gasteiger partial charge in [0.05, 0.1) is 6.61 Å². The van der Waals surface area contributed by atoms with Gasteiger partial charge in [0, 0.05) is 0 Å². The first kappa shape index (κ1) is 10.6. The SMILES string of the molecule is C=C(C)CO.c1ccc2c(c1)OCO2. The van der Waals surface area contributed by atoms with Crippen LogP contribution in [0.3, 0.4) is 0 Å². The van der Waals surface area contributed by atoms with Crippen LogP contribution < -0.4 is 9.47 Å². The lowest BCUT2D eigenvalue weighted by Crippen LogP contribution is -1.92. The van der Waals surface area contributed by atoms with Gasteiger partial charge in [-0.1, -0.05) is 24.3 Å². The van der Waals surface area contributed by atoms with E-state index in [1.54, 1.807) is 6.92 Å². The molecule has 0 saturated heterocycles. The monoisotopic (exact) mass is 194 g/mol. The fraction of sp³-hybridized carbons (Fsp3) is 0.273. The third-order valence-corrected chi connectivity index (χ3v) is 1.55. The molecule has 1 aliphatic heterocycles. The van der Waals surface area contributed by atoms with Crippen molar-refractivity contribution in [1.29, 1.82) is 0 Å². The van der Waals surface area contributed by atoms with Gasteiger partial charge in [-0.3, -0.25) is 0 Å². The first-order valence-electron chi connectivity index (χ1n) is 4.34. The van der Waals surface area contributed by atoms with Crippen LogP contribution in [-0.4, -0.2) is 18.5 Å². The maximum Gasteiger partial charge on any atom is 0.231 e. The Labute approximate surface area is 83.6 Å². The number of hydrogen-bond acceptors (Lipinski definition) is 3. The molecule has 0 aliphatic carbocycles. The van der Waals surface area contributed by atoms with Crippen LogP contribution in [0.15, 0.2) is 36.4 Å². The first-order chi connectivity index (χ1) is 6.74. The predicted octanol–water partition coefficient (Wildman–Crippen LogP) is 1.97. The molecule has 1 aromatic carbocycles. The Balaban J connectivity index is 0.000000171. The molecular formula is C11H14O3. The molecule has 0 amide bonds. The lowest BCUT2D eigenvalue weighted by atomic mass is 10.3. The first-order valence-corrected chi connectivity index (χ1v) is 4.34. The van der Waals surface area contributed by atoms with Crippen LogP contribution in [0.2, 0.25) is 0 Å². The molecule has 0 spiro atoms. The molecule has 14 heavy (non-hydrogen) atoms. The molecule has 1 heterocycles. The highest BCUT2D eigenvalue weighted by Gasteiger charge is 2.09. The van der Waals surface area contributed by atoms with Crippen molar-refractivity contribution in [3.05, 3.63) is 36.4 Å². The number of fused-ring (bicyclic) bond motifs is 1. The molecule has 1 aromatic rings. The Morgan fingerprint density at radius 2 is 1.79 bits per heavy atom. The Hall–Kier alpha value is -1.48. The molecule has 0 saturated carbocycles. The fourth-order valence-electron chi connectivity index (χ4n) is 0.845. The molecule has 1 aliphatic rings. The normalized spacial score (nSPS) is 11.6. The van der Waals surface area contributed by atoms with Crippen LogP contribution in [0, 0.1) is 0 Å². The third-order valence-electron chi connectivity index (χ3n) is 1.55. The highest BCUT2D eigenvalue weighted by atomic mass is 16.7. The van der Waals surface area contributed by atoms with E-state index in [1.807, 2.05) is 24.3 Å². The van der Waals surface area contributed by atoms with Crippen molar-refractivity contribution in [2.24, 2.45) is 0 Å². The molecule has 0 fully saturated rings. The summed E-state index contributed by atoms with van der Waals surface area (Å²) in [6, 6.07) is 7.63. The highest BCUT2D eigenvalue weighted by Crippen LogP contribution is 2.30. The number of aliphatic hydroxyl groups excluding tert-OH is 1. The van der Waals surface area contributed by atoms with Crippen LogP contribution in [0.4, 0.5) is 0 Å². The van der Waals surface area contributed by atoms with Crippen molar-refractivity contribution in [1.82, 2.24) is 0 Å². The minimum Gasteiger partial charge on any atom is -0.454 e. The standard InChI is InChI=1S/C7H6O2.C4H8O/c1-2-4-7-6(3-1)8-5-9-7;1-4(2)3-5/h1-4H,5H2;5H,1,3H2,2H3. The van der Waals surface area contributed by atoms with Gasteiger partial charge >= 0.3 is 0 Å². The summed E-state index contributed by atoms with van der Waals surface area (Å²) in [5.41, 5.74) is 0.810. The summed E-state index contributed by atoms with van der Waals surface area (Å²) >= 11 is 0. The number of aliphatic hydroxyl groups is 1. The van der Waals surface area contributed by atoms with Gasteiger partial charge in [0.1, 0.15) is 0 Å². The number of para-hydroxylation sites is 2. The van der Waals surface area contributed by atoms with Crippen LogP contribution in [0.5, 0.6) is 11.5 Å². The summed E-state index contributed by atoms with van der Waals surface area (Å²) in [4.78, 5) is 0. The zero-order valence-corrected chi connectivity index (χ0v) is 8.19. The molecule has 0 atom stereocenters. The van der Waals surface area contributed by atoms with Crippen molar-refractivity contribution in [3.8, 4) is 11.5 Å². The van der Waals surface area contributed by atoms with Gasteiger partial charge in [-0.05, 0) is 19.1 Å². The van der Waals surface area contributed by atoms with Crippen molar-refractivity contribution in [2.75, 3.05) is 13.4 Å². The molecule has 0 aromatic heterocycles. The molecule has 0 radical (unpaired) electrons. The maximum atomic E-state index is 8.04. The molecule has 0 bridgehead atoms. The van der Waals surface area contributed by atoms with E-state index >= 15 is 0 Å². The van der Waals surface area contributed by atoms with E-state index in [-0.39, 0.29) is 6.61 Å². The van der Waals surface area contributed by atoms with Crippen LogP contribution in [-0.2, 0) is 0 Å². The Kier molecular flexibility index (Phi) is 4.01. The second kappa shape index (κ2) is 5.29. The van der Waals surface area contributed by atoms with E-state index in [4.69, 9.17) is 14.6 Å². The largest absolute Gasteiger partial charge is 0.454 e. The van der Waals surface area contributed by atoms with Gasteiger partial charge < -0.3 is 14.6 Å². The summed E-state index contributed by atoms with van der Waals surface area (Å²) in [6.45, 7) is 5.67. The van der Waals surface area contributed by atoms with E-state index in [0.717, 1.165) is 17.1 Å². The number of hydrogen-bond donors (Lipinski definition) is 1. The van der Waals surface area contributed by atoms with E-state index in [0.29, 0.717) is 6.79 Å². The minimum absolute atomic E-state index is 0.111. The van der Waals surface area contributed by atoms with Crippen LogP contribution >= 0.6 is 0 Å². The van der Waals surface area contributed by atoms with E-state index in [9.17, 15) is 0 Å². The quantitative estimate of drug-likeness (QED) is 0.695. The van der Waals surface area contributed by atoms with Crippen molar-refractivity contribution in [2.45, 2.75) is 6.92 Å². The second-order valence-corrected chi connectivity index (χ2v) is 2.97. The van der Waals surface area contributed by atoms with Gasteiger partial charge in [-0.2, -0.15) is 0 Å². The zero-order valence-electron chi connectivity index (χ0n) is 8.19. The molecular weight excluding hydrogens is 180 g/mol. The number of ether oxygens (including phenoxy) is 2. The average molecular weight is 194 g/mol. The topological polar surface area (TPSA) is 38.7 Å². The van der Waals surface area contributed by atoms with E-state index < -0.39 is 0 Å². The maximum absolute atomic E-state index is 8.04. The summed E-state index contributed by atoms with van der Waals surface area (Å²) in [5, 5.41) is 8.04. The van der Waals surface area contributed by atoms with Gasteiger partial charge in [-0.15, -0.1) is 0 Å². The number of benzene rings is 1. The highest BCUT2D eigenvalue weighted by molar-refractivity contribution is 5.40. The van der Waals surface area contributed by atoms with Crippen LogP contribution in [0.1, 0.15) is 6.92 Å². The third kappa shape index (κ3) is 3.11. The summed E-state index contributed by atoms with van der Waals surface area (Å²) in [7, 11) is 0. The van der Waals surface area contributed by atoms with E-state index in [2.05, 4.69) is 6.58 Å². The van der Waals surface area contributed by atoms with Crippen molar-refractivity contribution in [3.63, 3.8) is 0 Å². The zero-order chi connectivity index (χ0) is 10.4. The summed E-state index contributed by atoms with van der Waals surface area (Å²) < 4.78 is 10.2. The lowest BCUT2D eigenvalue weighted by molar-refractivity contribution is 0.174. The second-order valence-electron chi connectivity index (χ2n) is 2.97. The lowest BCUT2D eigenvalue weighted by Gasteiger charge is -1.89. The summed E-state index contributed by atoms with van der Waals surface area (Å²) in [6.07, 6.45) is 0. The molecule has 0 unspecified atom stereocenters. The molecule has 1 N–H and O–H groups in total. The van der Waals surface area contributed by atoms with Crippen LogP contribution in [0.25, 0.3) is 0 Å². The van der Waals surface area contributed by atoms with E-state index in [1.165, 1.54) is 0 Å². The Bertz CT molecular complexity index is 284. The fourth-order valence-corrected chi connectivity index (χ4v) is 0.845. The Morgan fingerprint density at radius 3 is 2.14 bits per heavy atom. The van der Waals surface area contributed by atoms with Gasteiger partial charge in [0.2, 0.25) is 6.79 Å². The van der Waals surface area contributed by atoms with Gasteiger partial charge in [-0.25, -0.2) is 0 Å². The minimum atomic E-state index is 0.111. The predicted molar refractivity (Wildman–Crippen MR) is 54.5 cm³/mol. The molecule has 2 rings (SSSR count).